The Balaban J connectivity index is 1.47. The Labute approximate surface area is 182 Å². The first-order chi connectivity index (χ1) is 14.6. The number of hydrogen-bond acceptors (Lipinski definition) is 7. The van der Waals surface area contributed by atoms with E-state index in [1.165, 1.54) is 12.1 Å². The van der Waals surface area contributed by atoms with Gasteiger partial charge in [-0.3, -0.25) is 0 Å². The van der Waals surface area contributed by atoms with Gasteiger partial charge in [-0.1, -0.05) is 5.16 Å². The second-order valence-electron chi connectivity index (χ2n) is 8.03. The van der Waals surface area contributed by atoms with E-state index in [4.69, 9.17) is 14.7 Å². The number of carbonyl (C=O) groups is 1. The van der Waals surface area contributed by atoms with Gasteiger partial charge in [-0.15, -0.1) is 0 Å². The first kappa shape index (κ1) is 23.3. The summed E-state index contributed by atoms with van der Waals surface area (Å²) in [6.07, 6.45) is 2.15. The van der Waals surface area contributed by atoms with E-state index in [2.05, 4.69) is 5.16 Å². The van der Waals surface area contributed by atoms with Crippen molar-refractivity contribution >= 4 is 27.5 Å². The Hall–Kier alpha value is -2.40. The molecule has 172 valence electrons. The molecule has 0 aromatic heterocycles. The van der Waals surface area contributed by atoms with Crippen molar-refractivity contribution in [1.29, 1.82) is 0 Å². The fourth-order valence-corrected chi connectivity index (χ4v) is 4.11. The molecule has 2 aliphatic rings. The molecule has 1 amide bonds. The molecule has 9 nitrogen and oxygen atoms in total. The number of benzene rings is 1. The number of primary sulfonamides is 1. The Morgan fingerprint density at radius 1 is 1.19 bits per heavy atom. The normalized spacial score (nSPS) is 18.3. The Bertz CT molecular complexity index is 919. The molecule has 1 aromatic carbocycles. The van der Waals surface area contributed by atoms with E-state index in [0.717, 1.165) is 11.8 Å². The number of rotatable bonds is 5. The highest BCUT2D eigenvalue weighted by Crippen LogP contribution is 2.25. The first-order valence-corrected chi connectivity index (χ1v) is 11.9. The van der Waals surface area contributed by atoms with Crippen molar-refractivity contribution in [3.63, 3.8) is 0 Å². The minimum absolute atomic E-state index is 0.0446. The molecule has 0 unspecified atom stereocenters. The van der Waals surface area contributed by atoms with E-state index in [0.29, 0.717) is 57.5 Å². The summed E-state index contributed by atoms with van der Waals surface area (Å²) in [5.41, 5.74) is 1.24. The van der Waals surface area contributed by atoms with Gasteiger partial charge < -0.3 is 19.4 Å². The van der Waals surface area contributed by atoms with Crippen molar-refractivity contribution in [3.8, 4) is 0 Å². The van der Waals surface area contributed by atoms with Crippen LogP contribution in [0.3, 0.4) is 0 Å². The zero-order valence-corrected chi connectivity index (χ0v) is 18.6. The molecule has 2 heterocycles. The fourth-order valence-electron chi connectivity index (χ4n) is 3.59. The number of amides is 1. The van der Waals surface area contributed by atoms with Crippen molar-refractivity contribution in [2.75, 3.05) is 31.1 Å². The lowest BCUT2D eigenvalue weighted by molar-refractivity contribution is 0.00415. The van der Waals surface area contributed by atoms with Crippen molar-refractivity contribution in [3.05, 3.63) is 24.0 Å². The van der Waals surface area contributed by atoms with Crippen LogP contribution in [0, 0.1) is 5.82 Å². The van der Waals surface area contributed by atoms with E-state index in [9.17, 15) is 17.6 Å². The Kier molecular flexibility index (Phi) is 7.37. The van der Waals surface area contributed by atoms with Gasteiger partial charge in [0.05, 0.1) is 22.4 Å². The predicted octanol–water partition coefficient (Wildman–Crippen LogP) is 2.46. The second kappa shape index (κ2) is 9.82. The van der Waals surface area contributed by atoms with E-state index in [-0.39, 0.29) is 23.2 Å². The summed E-state index contributed by atoms with van der Waals surface area (Å²) in [6.45, 7) is 5.89. The summed E-state index contributed by atoms with van der Waals surface area (Å²) in [4.78, 5) is 20.9. The molecule has 0 spiro atoms. The number of nitrogens with two attached hydrogens (primary N) is 1. The van der Waals surface area contributed by atoms with Crippen LogP contribution in [-0.4, -0.2) is 63.5 Å². The molecule has 1 aromatic rings. The van der Waals surface area contributed by atoms with Crippen molar-refractivity contribution in [2.24, 2.45) is 10.3 Å². The van der Waals surface area contributed by atoms with Gasteiger partial charge in [0.25, 0.3) is 0 Å². The smallest absolute Gasteiger partial charge is 0.410 e. The topological polar surface area (TPSA) is 115 Å². The number of hydrogen-bond donors (Lipinski definition) is 1. The molecule has 0 atom stereocenters. The number of anilines is 1. The van der Waals surface area contributed by atoms with Crippen LogP contribution in [0.25, 0.3) is 0 Å². The first-order valence-electron chi connectivity index (χ1n) is 10.4. The van der Waals surface area contributed by atoms with Crippen molar-refractivity contribution < 1.29 is 27.2 Å². The zero-order valence-electron chi connectivity index (χ0n) is 17.8. The third-order valence-corrected chi connectivity index (χ3v) is 6.21. The van der Waals surface area contributed by atoms with Crippen LogP contribution >= 0.6 is 0 Å². The summed E-state index contributed by atoms with van der Waals surface area (Å²) >= 11 is 0. The van der Waals surface area contributed by atoms with Crippen LogP contribution in [0.5, 0.6) is 0 Å². The number of piperidine rings is 2. The van der Waals surface area contributed by atoms with E-state index < -0.39 is 15.8 Å². The predicted molar refractivity (Wildman–Crippen MR) is 114 cm³/mol. The fraction of sp³-hybridized carbons (Fsp3) is 0.600. The Morgan fingerprint density at radius 3 is 2.39 bits per heavy atom. The maximum absolute atomic E-state index is 14.4. The van der Waals surface area contributed by atoms with Gasteiger partial charge >= 0.3 is 6.09 Å². The molecule has 0 bridgehead atoms. The zero-order chi connectivity index (χ0) is 22.6. The number of halogens is 1. The molecule has 2 saturated heterocycles. The summed E-state index contributed by atoms with van der Waals surface area (Å²) < 4.78 is 42.3. The molecule has 11 heteroatoms. The van der Waals surface area contributed by atoms with Crippen LogP contribution in [0.15, 0.2) is 28.3 Å². The monoisotopic (exact) mass is 456 g/mol. The van der Waals surface area contributed by atoms with Gasteiger partial charge in [0.2, 0.25) is 10.0 Å². The quantitative estimate of drug-likeness (QED) is 0.681. The summed E-state index contributed by atoms with van der Waals surface area (Å²) in [7, 11) is -3.94. The summed E-state index contributed by atoms with van der Waals surface area (Å²) in [5.74, 6) is -0.620. The molecule has 0 radical (unpaired) electrons. The van der Waals surface area contributed by atoms with Crippen LogP contribution in [-0.2, 0) is 19.6 Å². The molecular weight excluding hydrogens is 427 g/mol. The van der Waals surface area contributed by atoms with Crippen LogP contribution in [0.2, 0.25) is 0 Å². The largest absolute Gasteiger partial charge is 0.447 e. The van der Waals surface area contributed by atoms with E-state index in [1.807, 2.05) is 18.7 Å². The van der Waals surface area contributed by atoms with Crippen LogP contribution < -0.4 is 10.0 Å². The lowest BCUT2D eigenvalue weighted by Gasteiger charge is -2.32. The average Bonchev–Trinajstić information content (AvgIpc) is 2.72. The standard InChI is InChI=1S/C20H29FN4O5S/c1-14(2)29-20(26)25-11-7-16(8-12-25)30-23-15-5-9-24(10-6-15)19-4-3-17(13-18(19)21)31(22,27)28/h3-4,13-14,16H,5-12H2,1-2H3,(H2,22,27,28). The molecule has 0 saturated carbocycles. The van der Waals surface area contributed by atoms with E-state index in [1.54, 1.807) is 4.90 Å². The number of oxime groups is 1. The molecule has 3 rings (SSSR count). The van der Waals surface area contributed by atoms with Gasteiger partial charge in [-0.25, -0.2) is 22.7 Å². The Morgan fingerprint density at radius 2 is 1.84 bits per heavy atom. The SMILES string of the molecule is CC(C)OC(=O)N1CCC(ON=C2CCN(c3ccc(S(N)(=O)=O)cc3F)CC2)CC1. The molecule has 31 heavy (non-hydrogen) atoms. The minimum atomic E-state index is -3.94. The third-order valence-electron chi connectivity index (χ3n) is 5.30. The molecular formula is C20H29FN4O5S. The number of likely N-dealkylation sites (tertiary alicyclic amines) is 1. The lowest BCUT2D eigenvalue weighted by atomic mass is 10.1. The second-order valence-corrected chi connectivity index (χ2v) is 9.59. The molecule has 0 aliphatic carbocycles. The van der Waals surface area contributed by atoms with Gasteiger partial charge in [0.1, 0.15) is 11.9 Å². The number of ether oxygens (including phenoxy) is 1. The van der Waals surface area contributed by atoms with Crippen LogP contribution in [0.4, 0.5) is 14.9 Å². The van der Waals surface area contributed by atoms with Crippen molar-refractivity contribution in [2.45, 2.75) is 56.6 Å². The maximum Gasteiger partial charge on any atom is 0.410 e. The highest BCUT2D eigenvalue weighted by atomic mass is 32.2. The lowest BCUT2D eigenvalue weighted by Crippen LogP contribution is -2.41. The third kappa shape index (κ3) is 6.30. The highest BCUT2D eigenvalue weighted by Gasteiger charge is 2.26. The summed E-state index contributed by atoms with van der Waals surface area (Å²) in [6, 6.07) is 3.69. The summed E-state index contributed by atoms with van der Waals surface area (Å²) in [5, 5.41) is 9.33. The van der Waals surface area contributed by atoms with Gasteiger partial charge in [0.15, 0.2) is 0 Å². The van der Waals surface area contributed by atoms with E-state index >= 15 is 0 Å². The number of sulfonamides is 1. The number of carbonyl (C=O) groups excluding carboxylic acids is 1. The van der Waals surface area contributed by atoms with Crippen LogP contribution in [0.1, 0.15) is 39.5 Å². The molecule has 2 aliphatic heterocycles. The molecule has 2 N–H and O–H groups in total. The highest BCUT2D eigenvalue weighted by molar-refractivity contribution is 7.89. The molecule has 2 fully saturated rings. The maximum atomic E-state index is 14.4. The van der Waals surface area contributed by atoms with Gasteiger partial charge in [0, 0.05) is 51.9 Å². The van der Waals surface area contributed by atoms with Gasteiger partial charge in [-0.05, 0) is 32.0 Å². The average molecular weight is 457 g/mol. The minimum Gasteiger partial charge on any atom is -0.447 e. The number of nitrogens with zero attached hydrogens (tertiary/aromatic N) is 3. The van der Waals surface area contributed by atoms with Gasteiger partial charge in [-0.2, -0.15) is 0 Å². The van der Waals surface area contributed by atoms with Crippen molar-refractivity contribution in [1.82, 2.24) is 4.90 Å².